The van der Waals surface area contributed by atoms with Gasteiger partial charge in [0, 0.05) is 26.2 Å². The SMILES string of the molecule is CCOC(=O)N1CCN(C(C)C(=O)NN)CC1. The van der Waals surface area contributed by atoms with Gasteiger partial charge in [0.15, 0.2) is 0 Å². The molecule has 0 aromatic rings. The second kappa shape index (κ2) is 6.41. The maximum atomic E-state index is 11.5. The van der Waals surface area contributed by atoms with Crippen LogP contribution < -0.4 is 11.3 Å². The van der Waals surface area contributed by atoms with Crippen LogP contribution in [-0.2, 0) is 9.53 Å². The van der Waals surface area contributed by atoms with Gasteiger partial charge in [-0.05, 0) is 13.8 Å². The molecule has 3 N–H and O–H groups in total. The molecule has 7 heteroatoms. The number of hydrazine groups is 1. The van der Waals surface area contributed by atoms with Crippen LogP contribution in [0.25, 0.3) is 0 Å². The Bertz CT molecular complexity index is 277. The number of hydrogen-bond acceptors (Lipinski definition) is 5. The van der Waals surface area contributed by atoms with E-state index >= 15 is 0 Å². The minimum absolute atomic E-state index is 0.213. The minimum atomic E-state index is -0.289. The minimum Gasteiger partial charge on any atom is -0.450 e. The van der Waals surface area contributed by atoms with Crippen molar-refractivity contribution in [2.75, 3.05) is 32.8 Å². The Kier molecular flexibility index (Phi) is 5.17. The van der Waals surface area contributed by atoms with E-state index in [2.05, 4.69) is 5.43 Å². The fourth-order valence-electron chi connectivity index (χ4n) is 1.79. The average molecular weight is 244 g/mol. The number of nitrogens with one attached hydrogen (secondary N) is 1. The molecule has 0 spiro atoms. The smallest absolute Gasteiger partial charge is 0.409 e. The third kappa shape index (κ3) is 3.57. The molecular weight excluding hydrogens is 224 g/mol. The fourth-order valence-corrected chi connectivity index (χ4v) is 1.79. The predicted octanol–water partition coefficient (Wildman–Crippen LogP) is -0.861. The van der Waals surface area contributed by atoms with E-state index in [0.717, 1.165) is 0 Å². The number of piperazine rings is 1. The zero-order chi connectivity index (χ0) is 12.8. The van der Waals surface area contributed by atoms with Crippen LogP contribution >= 0.6 is 0 Å². The number of nitrogens with two attached hydrogens (primary N) is 1. The highest BCUT2D eigenvalue weighted by molar-refractivity contribution is 5.80. The highest BCUT2D eigenvalue weighted by Crippen LogP contribution is 2.07. The first-order valence-electron chi connectivity index (χ1n) is 5.76. The van der Waals surface area contributed by atoms with E-state index in [4.69, 9.17) is 10.6 Å². The summed E-state index contributed by atoms with van der Waals surface area (Å²) in [5.74, 6) is 4.87. The number of ether oxygens (including phenoxy) is 1. The summed E-state index contributed by atoms with van der Waals surface area (Å²) in [4.78, 5) is 26.4. The molecule has 0 aromatic heterocycles. The lowest BCUT2D eigenvalue weighted by Crippen LogP contribution is -2.55. The van der Waals surface area contributed by atoms with Crippen LogP contribution in [0, 0.1) is 0 Å². The molecule has 1 fully saturated rings. The van der Waals surface area contributed by atoms with Crippen molar-refractivity contribution in [1.29, 1.82) is 0 Å². The molecule has 2 amide bonds. The van der Waals surface area contributed by atoms with Crippen LogP contribution in [0.1, 0.15) is 13.8 Å². The highest BCUT2D eigenvalue weighted by Gasteiger charge is 2.27. The molecule has 1 saturated heterocycles. The predicted molar refractivity (Wildman–Crippen MR) is 62.0 cm³/mol. The lowest BCUT2D eigenvalue weighted by atomic mass is 10.2. The molecule has 1 atom stereocenters. The van der Waals surface area contributed by atoms with Crippen molar-refractivity contribution < 1.29 is 14.3 Å². The largest absolute Gasteiger partial charge is 0.450 e. The van der Waals surface area contributed by atoms with Gasteiger partial charge in [-0.15, -0.1) is 0 Å². The van der Waals surface area contributed by atoms with Crippen molar-refractivity contribution in [2.45, 2.75) is 19.9 Å². The van der Waals surface area contributed by atoms with Crippen LogP contribution in [0.2, 0.25) is 0 Å². The molecule has 0 aliphatic carbocycles. The highest BCUT2D eigenvalue weighted by atomic mass is 16.6. The van der Waals surface area contributed by atoms with E-state index in [1.807, 2.05) is 4.90 Å². The molecule has 1 aliphatic rings. The standard InChI is InChI=1S/C10H20N4O3/c1-3-17-10(16)14-6-4-13(5-7-14)8(2)9(15)12-11/h8H,3-7,11H2,1-2H3,(H,12,15). The lowest BCUT2D eigenvalue weighted by molar-refractivity contribution is -0.126. The molecular formula is C10H20N4O3. The molecule has 0 aromatic carbocycles. The summed E-state index contributed by atoms with van der Waals surface area (Å²) in [6, 6.07) is -0.274. The lowest BCUT2D eigenvalue weighted by Gasteiger charge is -2.36. The molecule has 1 rings (SSSR count). The van der Waals surface area contributed by atoms with Crippen molar-refractivity contribution in [3.05, 3.63) is 0 Å². The van der Waals surface area contributed by atoms with Crippen molar-refractivity contribution in [3.8, 4) is 0 Å². The Labute approximate surface area is 101 Å². The molecule has 98 valence electrons. The number of hydrogen-bond donors (Lipinski definition) is 2. The van der Waals surface area contributed by atoms with Gasteiger partial charge in [-0.2, -0.15) is 0 Å². The molecule has 0 radical (unpaired) electrons. The van der Waals surface area contributed by atoms with Gasteiger partial charge in [0.2, 0.25) is 0 Å². The first kappa shape index (κ1) is 13.7. The van der Waals surface area contributed by atoms with Crippen molar-refractivity contribution in [3.63, 3.8) is 0 Å². The zero-order valence-electron chi connectivity index (χ0n) is 10.3. The maximum absolute atomic E-state index is 11.5. The monoisotopic (exact) mass is 244 g/mol. The Morgan fingerprint density at radius 2 is 1.94 bits per heavy atom. The maximum Gasteiger partial charge on any atom is 0.409 e. The third-order valence-electron chi connectivity index (χ3n) is 2.91. The number of carbonyl (C=O) groups excluding carboxylic acids is 2. The Morgan fingerprint density at radius 1 is 1.35 bits per heavy atom. The molecule has 1 heterocycles. The Morgan fingerprint density at radius 3 is 2.41 bits per heavy atom. The van der Waals surface area contributed by atoms with E-state index in [-0.39, 0.29) is 18.0 Å². The van der Waals surface area contributed by atoms with Crippen LogP contribution in [0.3, 0.4) is 0 Å². The molecule has 0 bridgehead atoms. The topological polar surface area (TPSA) is 87.9 Å². The van der Waals surface area contributed by atoms with Crippen molar-refractivity contribution in [2.24, 2.45) is 5.84 Å². The third-order valence-corrected chi connectivity index (χ3v) is 2.91. The number of rotatable bonds is 3. The molecule has 17 heavy (non-hydrogen) atoms. The van der Waals surface area contributed by atoms with Gasteiger partial charge < -0.3 is 9.64 Å². The van der Waals surface area contributed by atoms with Gasteiger partial charge >= 0.3 is 6.09 Å². The Balaban J connectivity index is 2.40. The van der Waals surface area contributed by atoms with Crippen molar-refractivity contribution >= 4 is 12.0 Å². The first-order chi connectivity index (χ1) is 8.10. The normalized spacial score (nSPS) is 18.6. The fraction of sp³-hybridized carbons (Fsp3) is 0.800. The van der Waals surface area contributed by atoms with Crippen molar-refractivity contribution in [1.82, 2.24) is 15.2 Å². The summed E-state index contributed by atoms with van der Waals surface area (Å²) in [6.07, 6.45) is -0.289. The van der Waals surface area contributed by atoms with Crippen LogP contribution in [-0.4, -0.2) is 60.6 Å². The van der Waals surface area contributed by atoms with Gasteiger partial charge in [-0.25, -0.2) is 10.6 Å². The van der Waals surface area contributed by atoms with Crippen LogP contribution in [0.4, 0.5) is 4.79 Å². The summed E-state index contributed by atoms with van der Waals surface area (Å²) in [5.41, 5.74) is 2.13. The van der Waals surface area contributed by atoms with E-state index in [1.165, 1.54) is 0 Å². The van der Waals surface area contributed by atoms with E-state index in [9.17, 15) is 9.59 Å². The second-order valence-electron chi connectivity index (χ2n) is 3.91. The summed E-state index contributed by atoms with van der Waals surface area (Å²) >= 11 is 0. The first-order valence-corrected chi connectivity index (χ1v) is 5.76. The average Bonchev–Trinajstić information content (AvgIpc) is 2.37. The van der Waals surface area contributed by atoms with E-state index in [1.54, 1.807) is 18.7 Å². The zero-order valence-corrected chi connectivity index (χ0v) is 10.3. The van der Waals surface area contributed by atoms with Crippen LogP contribution in [0.5, 0.6) is 0 Å². The summed E-state index contributed by atoms with van der Waals surface area (Å²) in [6.45, 7) is 6.39. The van der Waals surface area contributed by atoms with E-state index in [0.29, 0.717) is 32.8 Å². The molecule has 0 saturated carbocycles. The second-order valence-corrected chi connectivity index (χ2v) is 3.91. The summed E-state index contributed by atoms with van der Waals surface area (Å²) < 4.78 is 4.91. The van der Waals surface area contributed by atoms with Gasteiger partial charge in [0.1, 0.15) is 0 Å². The molecule has 1 unspecified atom stereocenters. The van der Waals surface area contributed by atoms with Crippen LogP contribution in [0.15, 0.2) is 0 Å². The van der Waals surface area contributed by atoms with Gasteiger partial charge in [0.05, 0.1) is 12.6 Å². The number of carbonyl (C=O) groups is 2. The summed E-state index contributed by atoms with van der Waals surface area (Å²) in [5, 5.41) is 0. The number of amides is 2. The number of nitrogens with zero attached hydrogens (tertiary/aromatic N) is 2. The van der Waals surface area contributed by atoms with Gasteiger partial charge in [0.25, 0.3) is 5.91 Å². The molecule has 1 aliphatic heterocycles. The quantitative estimate of drug-likeness (QED) is 0.383. The summed E-state index contributed by atoms with van der Waals surface area (Å²) in [7, 11) is 0. The van der Waals surface area contributed by atoms with E-state index < -0.39 is 0 Å². The molecule has 7 nitrogen and oxygen atoms in total. The van der Waals surface area contributed by atoms with Gasteiger partial charge in [-0.1, -0.05) is 0 Å². The van der Waals surface area contributed by atoms with Gasteiger partial charge in [-0.3, -0.25) is 15.1 Å². The Hall–Kier alpha value is -1.34.